The van der Waals surface area contributed by atoms with Crippen LogP contribution in [0.25, 0.3) is 0 Å². The maximum atomic E-state index is 4.94. The summed E-state index contributed by atoms with van der Waals surface area (Å²) in [5.74, 6) is 0.986. The van der Waals surface area contributed by atoms with Gasteiger partial charge in [0.2, 0.25) is 0 Å². The molecule has 2 atom stereocenters. The van der Waals surface area contributed by atoms with Crippen LogP contribution in [-0.2, 0) is 0 Å². The molecule has 1 aliphatic heterocycles. The molecule has 4 rings (SSSR count). The SMILES string of the molecule is CC([Se]c1ccccc1)C1Nc2ccccc2N=C1Nc1ccccc1. The molecule has 0 amide bonds. The first kappa shape index (κ1) is 16.9. The van der Waals surface area contributed by atoms with E-state index in [1.54, 1.807) is 0 Å². The van der Waals surface area contributed by atoms with Gasteiger partial charge in [-0.2, -0.15) is 0 Å². The second-order valence-corrected chi connectivity index (χ2v) is 9.31. The van der Waals surface area contributed by atoms with Gasteiger partial charge in [-0.1, -0.05) is 0 Å². The predicted octanol–water partition coefficient (Wildman–Crippen LogP) is 4.46. The summed E-state index contributed by atoms with van der Waals surface area (Å²) in [4.78, 5) is 5.39. The minimum atomic E-state index is 0.158. The maximum absolute atomic E-state index is 4.94. The molecule has 0 radical (unpaired) electrons. The Hall–Kier alpha value is -2.55. The fourth-order valence-electron chi connectivity index (χ4n) is 3.02. The molecule has 0 spiro atoms. The van der Waals surface area contributed by atoms with Crippen molar-refractivity contribution in [2.24, 2.45) is 4.99 Å². The van der Waals surface area contributed by atoms with Crippen molar-refractivity contribution in [3.8, 4) is 0 Å². The molecular weight excluding hydrogens is 385 g/mol. The van der Waals surface area contributed by atoms with Gasteiger partial charge in [0, 0.05) is 0 Å². The zero-order valence-electron chi connectivity index (χ0n) is 14.6. The summed E-state index contributed by atoms with van der Waals surface area (Å²) < 4.78 is 1.41. The number of hydrogen-bond donors (Lipinski definition) is 2. The van der Waals surface area contributed by atoms with E-state index in [0.717, 1.165) is 22.9 Å². The van der Waals surface area contributed by atoms with Crippen LogP contribution in [0.2, 0.25) is 4.82 Å². The van der Waals surface area contributed by atoms with Crippen molar-refractivity contribution in [1.29, 1.82) is 0 Å². The molecule has 130 valence electrons. The Morgan fingerprint density at radius 2 is 1.54 bits per heavy atom. The topological polar surface area (TPSA) is 36.4 Å². The van der Waals surface area contributed by atoms with Crippen LogP contribution in [0.5, 0.6) is 0 Å². The third kappa shape index (κ3) is 3.82. The molecule has 0 bridgehead atoms. The number of benzene rings is 3. The number of aliphatic imine (C=N–C) groups is 1. The van der Waals surface area contributed by atoms with Crippen LogP contribution >= 0.6 is 0 Å². The number of nitrogens with one attached hydrogen (secondary N) is 2. The van der Waals surface area contributed by atoms with E-state index >= 15 is 0 Å². The fraction of sp³-hybridized carbons (Fsp3) is 0.136. The zero-order chi connectivity index (χ0) is 17.8. The van der Waals surface area contributed by atoms with E-state index in [2.05, 4.69) is 78.2 Å². The second kappa shape index (κ2) is 7.77. The van der Waals surface area contributed by atoms with Gasteiger partial charge in [0.15, 0.2) is 0 Å². The van der Waals surface area contributed by atoms with Crippen molar-refractivity contribution in [2.75, 3.05) is 10.6 Å². The van der Waals surface area contributed by atoms with E-state index < -0.39 is 0 Å². The molecule has 2 unspecified atom stereocenters. The average molecular weight is 406 g/mol. The first-order chi connectivity index (χ1) is 12.8. The molecular formula is C22H21N3Se. The molecule has 0 aliphatic carbocycles. The Morgan fingerprint density at radius 3 is 2.31 bits per heavy atom. The Morgan fingerprint density at radius 1 is 0.885 bits per heavy atom. The van der Waals surface area contributed by atoms with Crippen molar-refractivity contribution in [1.82, 2.24) is 0 Å². The number of fused-ring (bicyclic) bond motifs is 1. The standard InChI is InChI=1S/C22H21N3Se/c1-16(26-18-12-6-3-7-13-18)21-22(23-17-10-4-2-5-11-17)25-20-15-9-8-14-19(20)24-21/h2-16,21,24H,1H3,(H,23,25). The summed E-state index contributed by atoms with van der Waals surface area (Å²) in [7, 11) is 0. The number of rotatable bonds is 4. The Bertz CT molecular complexity index is 894. The Balaban J connectivity index is 1.63. The van der Waals surface area contributed by atoms with E-state index in [0.29, 0.717) is 19.8 Å². The van der Waals surface area contributed by atoms with Gasteiger partial charge in [-0.15, -0.1) is 0 Å². The van der Waals surface area contributed by atoms with Gasteiger partial charge in [-0.05, 0) is 0 Å². The van der Waals surface area contributed by atoms with Crippen molar-refractivity contribution in [3.05, 3.63) is 84.9 Å². The van der Waals surface area contributed by atoms with Crippen molar-refractivity contribution < 1.29 is 0 Å². The Kier molecular flexibility index (Phi) is 5.05. The van der Waals surface area contributed by atoms with Crippen LogP contribution < -0.4 is 15.1 Å². The van der Waals surface area contributed by atoms with Crippen LogP contribution in [0.15, 0.2) is 89.9 Å². The molecule has 0 saturated carbocycles. The van der Waals surface area contributed by atoms with Crippen LogP contribution in [0.3, 0.4) is 0 Å². The van der Waals surface area contributed by atoms with Gasteiger partial charge in [0.1, 0.15) is 0 Å². The van der Waals surface area contributed by atoms with Gasteiger partial charge in [0.25, 0.3) is 0 Å². The molecule has 1 aliphatic rings. The number of nitrogens with zero attached hydrogens (tertiary/aromatic N) is 1. The predicted molar refractivity (Wildman–Crippen MR) is 112 cm³/mol. The third-order valence-electron chi connectivity index (χ3n) is 4.33. The molecule has 0 aromatic heterocycles. The summed E-state index contributed by atoms with van der Waals surface area (Å²) in [5, 5.41) is 7.25. The van der Waals surface area contributed by atoms with Gasteiger partial charge in [0.05, 0.1) is 0 Å². The van der Waals surface area contributed by atoms with Crippen molar-refractivity contribution in [2.45, 2.75) is 17.8 Å². The molecule has 4 heteroatoms. The minimum absolute atomic E-state index is 0.158. The monoisotopic (exact) mass is 407 g/mol. The van der Waals surface area contributed by atoms with Gasteiger partial charge < -0.3 is 0 Å². The van der Waals surface area contributed by atoms with E-state index in [4.69, 9.17) is 4.99 Å². The quantitative estimate of drug-likeness (QED) is 0.628. The van der Waals surface area contributed by atoms with E-state index in [-0.39, 0.29) is 6.04 Å². The van der Waals surface area contributed by atoms with Gasteiger partial charge >= 0.3 is 161 Å². The number of anilines is 2. The van der Waals surface area contributed by atoms with Crippen molar-refractivity contribution >= 4 is 42.3 Å². The van der Waals surface area contributed by atoms with Gasteiger partial charge in [-0.25, -0.2) is 0 Å². The fourth-order valence-corrected chi connectivity index (χ4v) is 5.28. The van der Waals surface area contributed by atoms with Crippen molar-refractivity contribution in [3.63, 3.8) is 0 Å². The normalized spacial score (nSPS) is 16.8. The van der Waals surface area contributed by atoms with E-state index in [1.807, 2.05) is 24.3 Å². The van der Waals surface area contributed by atoms with Gasteiger partial charge in [-0.3, -0.25) is 0 Å². The number of hydrogen-bond acceptors (Lipinski definition) is 3. The summed E-state index contributed by atoms with van der Waals surface area (Å²) >= 11 is 0.352. The third-order valence-corrected chi connectivity index (χ3v) is 6.82. The second-order valence-electron chi connectivity index (χ2n) is 6.26. The Labute approximate surface area is 160 Å². The van der Waals surface area contributed by atoms with Crippen LogP contribution in [0, 0.1) is 0 Å². The van der Waals surface area contributed by atoms with Crippen LogP contribution in [-0.4, -0.2) is 26.8 Å². The molecule has 1 heterocycles. The summed E-state index contributed by atoms with van der Waals surface area (Å²) in [6.45, 7) is 2.31. The molecule has 3 nitrogen and oxygen atoms in total. The zero-order valence-corrected chi connectivity index (χ0v) is 16.3. The molecule has 3 aromatic carbocycles. The number of para-hydroxylation sites is 3. The van der Waals surface area contributed by atoms with E-state index in [1.165, 1.54) is 4.46 Å². The summed E-state index contributed by atoms with van der Waals surface area (Å²) in [5.41, 5.74) is 3.16. The molecule has 0 saturated heterocycles. The van der Waals surface area contributed by atoms with E-state index in [9.17, 15) is 0 Å². The summed E-state index contributed by atoms with van der Waals surface area (Å²) in [6, 6.07) is 29.4. The van der Waals surface area contributed by atoms with Crippen LogP contribution in [0.4, 0.5) is 17.1 Å². The average Bonchev–Trinajstić information content (AvgIpc) is 2.69. The first-order valence-electron chi connectivity index (χ1n) is 8.77. The summed E-state index contributed by atoms with van der Waals surface area (Å²) in [6.07, 6.45) is 0. The van der Waals surface area contributed by atoms with Crippen LogP contribution in [0.1, 0.15) is 6.92 Å². The molecule has 2 N–H and O–H groups in total. The first-order valence-corrected chi connectivity index (χ1v) is 10.6. The number of amidine groups is 1. The molecule has 0 fully saturated rings. The molecule has 26 heavy (non-hydrogen) atoms. The molecule has 3 aromatic rings.